The van der Waals surface area contributed by atoms with Crippen molar-refractivity contribution in [2.75, 3.05) is 0 Å². The molecule has 0 saturated heterocycles. The molecule has 0 bridgehead atoms. The van der Waals surface area contributed by atoms with Gasteiger partial charge in [0.05, 0.1) is 0 Å². The van der Waals surface area contributed by atoms with Gasteiger partial charge in [0.25, 0.3) is 0 Å². The minimum atomic E-state index is -0.860. The summed E-state index contributed by atoms with van der Waals surface area (Å²) in [5, 5.41) is 9.37. The molecule has 0 aliphatic heterocycles. The Morgan fingerprint density at radius 1 is 0.800 bits per heavy atom. The van der Waals surface area contributed by atoms with Crippen molar-refractivity contribution in [3.05, 3.63) is 107 Å². The van der Waals surface area contributed by atoms with E-state index >= 15 is 0 Å². The predicted molar refractivity (Wildman–Crippen MR) is 132 cm³/mol. The summed E-state index contributed by atoms with van der Waals surface area (Å²) in [6.07, 6.45) is 0.448. The lowest BCUT2D eigenvalue weighted by Crippen LogP contribution is -1.99. The van der Waals surface area contributed by atoms with E-state index in [0.29, 0.717) is 40.2 Å². The maximum Gasteiger partial charge on any atom is 0.303 e. The van der Waals surface area contributed by atoms with Crippen LogP contribution in [0.1, 0.15) is 17.5 Å². The van der Waals surface area contributed by atoms with E-state index < -0.39 is 11.8 Å². The molecule has 1 N–H and O–H groups in total. The van der Waals surface area contributed by atoms with Gasteiger partial charge in [0, 0.05) is 23.6 Å². The number of halogens is 2. The number of benzene rings is 4. The summed E-state index contributed by atoms with van der Waals surface area (Å²) in [6.45, 7) is 1.86. The fraction of sp³-hybridized carbons (Fsp3) is 0.107. The van der Waals surface area contributed by atoms with E-state index in [1.165, 1.54) is 18.2 Å². The van der Waals surface area contributed by atoms with Crippen molar-refractivity contribution in [3.63, 3.8) is 0 Å². The first-order valence-corrected chi connectivity index (χ1v) is 11.2. The van der Waals surface area contributed by atoms with Crippen LogP contribution in [0.25, 0.3) is 0 Å². The van der Waals surface area contributed by atoms with Gasteiger partial charge in [-0.1, -0.05) is 35.9 Å². The van der Waals surface area contributed by atoms with Gasteiger partial charge in [-0.3, -0.25) is 4.79 Å². The molecule has 0 amide bonds. The fourth-order valence-corrected chi connectivity index (χ4v) is 3.56. The van der Waals surface area contributed by atoms with Gasteiger partial charge in [0.15, 0.2) is 23.1 Å². The molecule has 4 rings (SSSR count). The third-order valence-corrected chi connectivity index (χ3v) is 5.39. The second-order valence-electron chi connectivity index (χ2n) is 7.78. The molecule has 0 radical (unpaired) electrons. The Labute approximate surface area is 207 Å². The molecule has 0 heterocycles. The number of carbonyl (C=O) groups is 1. The summed E-state index contributed by atoms with van der Waals surface area (Å²) < 4.78 is 32.2. The first-order valence-electron chi connectivity index (χ1n) is 10.9. The third kappa shape index (κ3) is 6.52. The molecule has 0 spiro atoms. The smallest absolute Gasteiger partial charge is 0.303 e. The number of aliphatic carboxylic acids is 1. The molecule has 35 heavy (non-hydrogen) atoms. The zero-order valence-electron chi connectivity index (χ0n) is 18.8. The quantitative estimate of drug-likeness (QED) is 0.255. The van der Waals surface area contributed by atoms with E-state index in [1.807, 2.05) is 37.3 Å². The van der Waals surface area contributed by atoms with Gasteiger partial charge in [-0.15, -0.1) is 0 Å². The Morgan fingerprint density at radius 3 is 2.23 bits per heavy atom. The van der Waals surface area contributed by atoms with Gasteiger partial charge in [-0.25, -0.2) is 4.39 Å². The lowest BCUT2D eigenvalue weighted by atomic mass is 10.0. The molecule has 7 heteroatoms. The number of rotatable bonds is 9. The van der Waals surface area contributed by atoms with Gasteiger partial charge >= 0.3 is 5.97 Å². The summed E-state index contributed by atoms with van der Waals surface area (Å²) in [4.78, 5) is 10.8. The van der Waals surface area contributed by atoms with E-state index in [1.54, 1.807) is 36.4 Å². The summed E-state index contributed by atoms with van der Waals surface area (Å²) >= 11 is 6.15. The highest BCUT2D eigenvalue weighted by Crippen LogP contribution is 2.38. The molecule has 0 unspecified atom stereocenters. The van der Waals surface area contributed by atoms with Crippen LogP contribution in [0.5, 0.6) is 34.5 Å². The van der Waals surface area contributed by atoms with Gasteiger partial charge < -0.3 is 19.3 Å². The highest BCUT2D eigenvalue weighted by molar-refractivity contribution is 6.30. The molecular weight excluding hydrogens is 471 g/mol. The Morgan fingerprint density at radius 2 is 1.49 bits per heavy atom. The van der Waals surface area contributed by atoms with Crippen molar-refractivity contribution in [2.24, 2.45) is 0 Å². The Kier molecular flexibility index (Phi) is 7.53. The number of aryl methyl sites for hydroxylation is 2. The van der Waals surface area contributed by atoms with Crippen LogP contribution in [0.2, 0.25) is 5.02 Å². The molecule has 0 atom stereocenters. The van der Waals surface area contributed by atoms with Crippen LogP contribution in [0, 0.1) is 12.7 Å². The van der Waals surface area contributed by atoms with Crippen molar-refractivity contribution in [2.45, 2.75) is 19.8 Å². The van der Waals surface area contributed by atoms with Crippen LogP contribution in [-0.4, -0.2) is 11.1 Å². The van der Waals surface area contributed by atoms with E-state index in [2.05, 4.69) is 0 Å². The van der Waals surface area contributed by atoms with Gasteiger partial charge in [0.1, 0.15) is 17.2 Å². The Bertz CT molecular complexity index is 1340. The third-order valence-electron chi connectivity index (χ3n) is 5.16. The molecule has 0 saturated carbocycles. The molecule has 0 fully saturated rings. The lowest BCUT2D eigenvalue weighted by Gasteiger charge is -2.14. The number of hydrogen-bond acceptors (Lipinski definition) is 4. The highest BCUT2D eigenvalue weighted by atomic mass is 35.5. The Hall–Kier alpha value is -4.03. The second kappa shape index (κ2) is 10.9. The molecule has 5 nitrogen and oxygen atoms in total. The molecule has 0 aliphatic carbocycles. The normalized spacial score (nSPS) is 10.6. The van der Waals surface area contributed by atoms with Crippen LogP contribution in [0.3, 0.4) is 0 Å². The number of ether oxygens (including phenoxy) is 3. The maximum absolute atomic E-state index is 14.5. The molecule has 0 aromatic heterocycles. The Balaban J connectivity index is 1.54. The lowest BCUT2D eigenvalue weighted by molar-refractivity contribution is -0.136. The van der Waals surface area contributed by atoms with E-state index in [4.69, 9.17) is 30.9 Å². The van der Waals surface area contributed by atoms with Gasteiger partial charge in [0.2, 0.25) is 0 Å². The van der Waals surface area contributed by atoms with Gasteiger partial charge in [-0.05, 0) is 73.0 Å². The van der Waals surface area contributed by atoms with Crippen LogP contribution >= 0.6 is 11.6 Å². The summed E-state index contributed by atoms with van der Waals surface area (Å²) in [7, 11) is 0. The summed E-state index contributed by atoms with van der Waals surface area (Å²) in [6, 6.07) is 23.6. The second-order valence-corrected chi connectivity index (χ2v) is 8.22. The number of hydrogen-bond donors (Lipinski definition) is 1. The molecule has 178 valence electrons. The van der Waals surface area contributed by atoms with Crippen molar-refractivity contribution in [1.82, 2.24) is 0 Å². The monoisotopic (exact) mass is 492 g/mol. The van der Waals surface area contributed by atoms with Crippen molar-refractivity contribution < 1.29 is 28.5 Å². The largest absolute Gasteiger partial charge is 0.481 e. The highest BCUT2D eigenvalue weighted by Gasteiger charge is 2.13. The van der Waals surface area contributed by atoms with Crippen LogP contribution in [0.15, 0.2) is 84.9 Å². The summed E-state index contributed by atoms with van der Waals surface area (Å²) in [5.41, 5.74) is 1.76. The van der Waals surface area contributed by atoms with E-state index in [-0.39, 0.29) is 12.2 Å². The molecule has 4 aromatic carbocycles. The average Bonchev–Trinajstić information content (AvgIpc) is 2.83. The minimum absolute atomic E-state index is 0.0142. The van der Waals surface area contributed by atoms with Crippen LogP contribution in [-0.2, 0) is 11.2 Å². The number of carboxylic acid groups (broad SMARTS) is 1. The van der Waals surface area contributed by atoms with E-state index in [0.717, 1.165) is 11.1 Å². The van der Waals surface area contributed by atoms with E-state index in [9.17, 15) is 9.18 Å². The maximum atomic E-state index is 14.5. The standard InChI is InChI=1S/C28H22ClFO5/c1-18-15-22(10-7-19(18)8-14-28(31)32)35-26-17-23(11-12-24(26)30)34-25-13-9-20(29)16-27(25)33-21-5-3-2-4-6-21/h2-7,9-13,15-17H,8,14H2,1H3,(H,31,32). The van der Waals surface area contributed by atoms with Crippen molar-refractivity contribution in [3.8, 4) is 34.5 Å². The average molecular weight is 493 g/mol. The fourth-order valence-electron chi connectivity index (χ4n) is 3.39. The van der Waals surface area contributed by atoms with Crippen molar-refractivity contribution >= 4 is 17.6 Å². The number of carboxylic acids is 1. The van der Waals surface area contributed by atoms with Crippen molar-refractivity contribution in [1.29, 1.82) is 0 Å². The molecular formula is C28H22ClFO5. The number of para-hydroxylation sites is 1. The molecule has 4 aromatic rings. The summed E-state index contributed by atoms with van der Waals surface area (Å²) in [5.74, 6) is 0.763. The minimum Gasteiger partial charge on any atom is -0.481 e. The van der Waals surface area contributed by atoms with Crippen LogP contribution < -0.4 is 14.2 Å². The topological polar surface area (TPSA) is 65.0 Å². The predicted octanol–water partition coefficient (Wildman–Crippen LogP) is 8.18. The van der Waals surface area contributed by atoms with Gasteiger partial charge in [-0.2, -0.15) is 0 Å². The SMILES string of the molecule is Cc1cc(Oc2cc(Oc3ccc(Cl)cc3Oc3ccccc3)ccc2F)ccc1CCC(=O)O. The van der Waals surface area contributed by atoms with Crippen LogP contribution in [0.4, 0.5) is 4.39 Å². The zero-order chi connectivity index (χ0) is 24.8. The zero-order valence-corrected chi connectivity index (χ0v) is 19.6. The molecule has 0 aliphatic rings. The first-order chi connectivity index (χ1) is 16.9. The first kappa shape index (κ1) is 24.1.